The van der Waals surface area contributed by atoms with Crippen molar-refractivity contribution in [3.8, 4) is 0 Å². The van der Waals surface area contributed by atoms with E-state index in [4.69, 9.17) is 0 Å². The van der Waals surface area contributed by atoms with Crippen LogP contribution in [-0.4, -0.2) is 24.2 Å². The fraction of sp³-hybridized carbons (Fsp3) is 0.909. The largest absolute Gasteiger partial charge is 0.393 e. The lowest BCUT2D eigenvalue weighted by Gasteiger charge is -2.08. The lowest BCUT2D eigenvalue weighted by Crippen LogP contribution is -2.17. The summed E-state index contributed by atoms with van der Waals surface area (Å²) in [6.07, 6.45) is 6.19. The lowest BCUT2D eigenvalue weighted by atomic mass is 10.1. The van der Waals surface area contributed by atoms with Gasteiger partial charge in [0.2, 0.25) is 5.91 Å². The van der Waals surface area contributed by atoms with Crippen LogP contribution in [0.3, 0.4) is 0 Å². The number of carbonyl (C=O) groups excluding carboxylic acids is 1. The molecule has 0 fully saturated rings. The minimum atomic E-state index is -0.167. The Balaban J connectivity index is 3.22. The normalized spacial score (nSPS) is 12.5. The molecule has 14 heavy (non-hydrogen) atoms. The van der Waals surface area contributed by atoms with Crippen molar-refractivity contribution in [2.24, 2.45) is 0 Å². The first-order chi connectivity index (χ1) is 6.70. The minimum Gasteiger partial charge on any atom is -0.393 e. The van der Waals surface area contributed by atoms with Gasteiger partial charge in [0, 0.05) is 13.5 Å². The highest BCUT2D eigenvalue weighted by Crippen LogP contribution is 2.09. The van der Waals surface area contributed by atoms with Gasteiger partial charge in [-0.3, -0.25) is 4.79 Å². The number of aliphatic hydroxyl groups is 1. The molecule has 84 valence electrons. The summed E-state index contributed by atoms with van der Waals surface area (Å²) >= 11 is 0. The second kappa shape index (κ2) is 9.00. The van der Waals surface area contributed by atoms with Crippen molar-refractivity contribution in [1.82, 2.24) is 5.32 Å². The first-order valence-electron chi connectivity index (χ1n) is 5.59. The van der Waals surface area contributed by atoms with Crippen molar-refractivity contribution in [2.45, 2.75) is 58.0 Å². The molecule has 0 aliphatic heterocycles. The van der Waals surface area contributed by atoms with Gasteiger partial charge in [0.1, 0.15) is 0 Å². The van der Waals surface area contributed by atoms with Gasteiger partial charge in [-0.15, -0.1) is 0 Å². The molecular formula is C11H23NO2. The van der Waals surface area contributed by atoms with E-state index in [1.807, 2.05) is 0 Å². The summed E-state index contributed by atoms with van der Waals surface area (Å²) in [7, 11) is 1.65. The molecule has 0 saturated heterocycles. The second-order valence-corrected chi connectivity index (χ2v) is 3.72. The molecule has 3 nitrogen and oxygen atoms in total. The Morgan fingerprint density at radius 3 is 2.50 bits per heavy atom. The molecule has 0 aromatic carbocycles. The fourth-order valence-corrected chi connectivity index (χ4v) is 1.37. The van der Waals surface area contributed by atoms with E-state index in [-0.39, 0.29) is 12.0 Å². The molecular weight excluding hydrogens is 178 g/mol. The Morgan fingerprint density at radius 2 is 1.93 bits per heavy atom. The predicted molar refractivity (Wildman–Crippen MR) is 58.1 cm³/mol. The topological polar surface area (TPSA) is 49.3 Å². The molecule has 0 aliphatic carbocycles. The maximum atomic E-state index is 10.9. The van der Waals surface area contributed by atoms with Crippen LogP contribution < -0.4 is 5.32 Å². The van der Waals surface area contributed by atoms with E-state index in [0.717, 1.165) is 38.5 Å². The molecule has 0 unspecified atom stereocenters. The summed E-state index contributed by atoms with van der Waals surface area (Å²) in [6, 6.07) is 0. The molecule has 0 aliphatic rings. The predicted octanol–water partition coefficient (Wildman–Crippen LogP) is 1.84. The van der Waals surface area contributed by atoms with Crippen molar-refractivity contribution >= 4 is 5.91 Å². The molecule has 3 heteroatoms. The molecule has 0 radical (unpaired) electrons. The average molecular weight is 201 g/mol. The highest BCUT2D eigenvalue weighted by atomic mass is 16.3. The van der Waals surface area contributed by atoms with Crippen LogP contribution in [0.15, 0.2) is 0 Å². The number of nitrogens with one attached hydrogen (secondary N) is 1. The van der Waals surface area contributed by atoms with Crippen molar-refractivity contribution in [3.63, 3.8) is 0 Å². The van der Waals surface area contributed by atoms with Crippen LogP contribution in [0.25, 0.3) is 0 Å². The third kappa shape index (κ3) is 8.05. The van der Waals surface area contributed by atoms with Gasteiger partial charge in [0.05, 0.1) is 6.10 Å². The van der Waals surface area contributed by atoms with E-state index in [0.29, 0.717) is 6.42 Å². The number of rotatable bonds is 8. The highest BCUT2D eigenvalue weighted by Gasteiger charge is 2.03. The molecule has 0 saturated carbocycles. The molecule has 0 aromatic heterocycles. The Kier molecular flexibility index (Phi) is 8.64. The van der Waals surface area contributed by atoms with Crippen LogP contribution in [0.5, 0.6) is 0 Å². The van der Waals surface area contributed by atoms with E-state index in [1.165, 1.54) is 0 Å². The molecule has 0 aromatic rings. The minimum absolute atomic E-state index is 0.0908. The quantitative estimate of drug-likeness (QED) is 0.589. The number of hydrogen-bond acceptors (Lipinski definition) is 2. The van der Waals surface area contributed by atoms with Crippen LogP contribution in [0.4, 0.5) is 0 Å². The zero-order valence-corrected chi connectivity index (χ0v) is 9.38. The second-order valence-electron chi connectivity index (χ2n) is 3.72. The molecule has 1 amide bonds. The van der Waals surface area contributed by atoms with E-state index in [2.05, 4.69) is 12.2 Å². The van der Waals surface area contributed by atoms with E-state index in [9.17, 15) is 9.90 Å². The third-order valence-electron chi connectivity index (χ3n) is 2.36. The molecule has 0 rings (SSSR count). The summed E-state index contributed by atoms with van der Waals surface area (Å²) < 4.78 is 0. The summed E-state index contributed by atoms with van der Waals surface area (Å²) in [5.74, 6) is 0.0908. The van der Waals surface area contributed by atoms with Crippen LogP contribution in [0.2, 0.25) is 0 Å². The highest BCUT2D eigenvalue weighted by molar-refractivity contribution is 5.75. The van der Waals surface area contributed by atoms with Gasteiger partial charge in [0.15, 0.2) is 0 Å². The van der Waals surface area contributed by atoms with Gasteiger partial charge in [-0.1, -0.05) is 26.2 Å². The molecule has 0 bridgehead atoms. The third-order valence-corrected chi connectivity index (χ3v) is 2.36. The van der Waals surface area contributed by atoms with Crippen LogP contribution in [-0.2, 0) is 4.79 Å². The Labute approximate surface area is 86.9 Å². The summed E-state index contributed by atoms with van der Waals surface area (Å²) in [4.78, 5) is 10.9. The number of aliphatic hydroxyl groups excluding tert-OH is 1. The maximum Gasteiger partial charge on any atom is 0.219 e. The average Bonchev–Trinajstić information content (AvgIpc) is 2.21. The van der Waals surface area contributed by atoms with Gasteiger partial charge in [-0.2, -0.15) is 0 Å². The molecule has 2 N–H and O–H groups in total. The monoisotopic (exact) mass is 201 g/mol. The van der Waals surface area contributed by atoms with E-state index >= 15 is 0 Å². The van der Waals surface area contributed by atoms with Crippen LogP contribution in [0.1, 0.15) is 51.9 Å². The zero-order valence-electron chi connectivity index (χ0n) is 9.38. The number of unbranched alkanes of at least 4 members (excludes halogenated alkanes) is 2. The summed E-state index contributed by atoms with van der Waals surface area (Å²) in [5, 5.41) is 12.1. The molecule has 1 atom stereocenters. The SMILES string of the molecule is CCCC[C@@H](O)CCCCC(=O)NC. The first-order valence-corrected chi connectivity index (χ1v) is 5.59. The Hall–Kier alpha value is -0.570. The van der Waals surface area contributed by atoms with Gasteiger partial charge in [-0.25, -0.2) is 0 Å². The van der Waals surface area contributed by atoms with Crippen molar-refractivity contribution in [1.29, 1.82) is 0 Å². The Morgan fingerprint density at radius 1 is 1.29 bits per heavy atom. The van der Waals surface area contributed by atoms with Crippen LogP contribution in [0, 0.1) is 0 Å². The van der Waals surface area contributed by atoms with Gasteiger partial charge in [0.25, 0.3) is 0 Å². The van der Waals surface area contributed by atoms with E-state index in [1.54, 1.807) is 7.05 Å². The smallest absolute Gasteiger partial charge is 0.219 e. The van der Waals surface area contributed by atoms with Gasteiger partial charge in [-0.05, 0) is 19.3 Å². The van der Waals surface area contributed by atoms with Gasteiger partial charge < -0.3 is 10.4 Å². The van der Waals surface area contributed by atoms with Gasteiger partial charge >= 0.3 is 0 Å². The molecule has 0 heterocycles. The lowest BCUT2D eigenvalue weighted by molar-refractivity contribution is -0.120. The summed E-state index contributed by atoms with van der Waals surface area (Å²) in [6.45, 7) is 2.12. The standard InChI is InChI=1S/C11H23NO2/c1-3-4-7-10(13)8-5-6-9-11(14)12-2/h10,13H,3-9H2,1-2H3,(H,12,14)/t10-/m1/s1. The first kappa shape index (κ1) is 13.4. The number of amides is 1. The fourth-order valence-electron chi connectivity index (χ4n) is 1.37. The van der Waals surface area contributed by atoms with Crippen molar-refractivity contribution in [3.05, 3.63) is 0 Å². The number of hydrogen-bond donors (Lipinski definition) is 2. The summed E-state index contributed by atoms with van der Waals surface area (Å²) in [5.41, 5.74) is 0. The van der Waals surface area contributed by atoms with Crippen molar-refractivity contribution < 1.29 is 9.90 Å². The molecule has 0 spiro atoms. The maximum absolute atomic E-state index is 10.9. The zero-order chi connectivity index (χ0) is 10.8. The van der Waals surface area contributed by atoms with Crippen LogP contribution >= 0.6 is 0 Å². The van der Waals surface area contributed by atoms with E-state index < -0.39 is 0 Å². The number of carbonyl (C=O) groups is 1. The Bertz CT molecular complexity index is 148. The van der Waals surface area contributed by atoms with Crippen molar-refractivity contribution in [2.75, 3.05) is 7.05 Å².